The molecule has 1 saturated heterocycles. The quantitative estimate of drug-likeness (QED) is 0.835. The van der Waals surface area contributed by atoms with Crippen LogP contribution >= 0.6 is 0 Å². The molecule has 1 aliphatic rings. The average Bonchev–Trinajstić information content (AvgIpc) is 2.85. The summed E-state index contributed by atoms with van der Waals surface area (Å²) in [5.74, 6) is -0.678. The van der Waals surface area contributed by atoms with Gasteiger partial charge >= 0.3 is 0 Å². The van der Waals surface area contributed by atoms with E-state index in [4.69, 9.17) is 4.74 Å². The number of hydrogen-bond acceptors (Lipinski definition) is 3. The Bertz CT molecular complexity index is 406. The van der Waals surface area contributed by atoms with Gasteiger partial charge in [0.25, 0.3) is 0 Å². The van der Waals surface area contributed by atoms with Crippen LogP contribution in [0.3, 0.4) is 0 Å². The highest BCUT2D eigenvalue weighted by molar-refractivity contribution is 5.92. The molecule has 2 rings (SSSR count). The van der Waals surface area contributed by atoms with Gasteiger partial charge in [-0.05, 0) is 25.0 Å². The van der Waals surface area contributed by atoms with Crippen LogP contribution in [0.1, 0.15) is 12.8 Å². The third kappa shape index (κ3) is 3.78. The number of para-hydroxylation sites is 1. The average molecular weight is 252 g/mol. The first-order chi connectivity index (χ1) is 8.75. The third-order valence-corrected chi connectivity index (χ3v) is 2.83. The molecule has 1 amide bonds. The van der Waals surface area contributed by atoms with Crippen LogP contribution in [0.25, 0.3) is 0 Å². The van der Waals surface area contributed by atoms with Gasteiger partial charge in [0.05, 0.1) is 18.3 Å². The Labute approximate surface area is 106 Å². The normalized spacial score (nSPS) is 18.8. The Morgan fingerprint density at radius 2 is 2.28 bits per heavy atom. The number of benzene rings is 1. The summed E-state index contributed by atoms with van der Waals surface area (Å²) in [4.78, 5) is 11.6. The van der Waals surface area contributed by atoms with Crippen LogP contribution in [0, 0.1) is 5.82 Å². The molecule has 0 radical (unpaired) electrons. The Balaban J connectivity index is 1.70. The zero-order valence-corrected chi connectivity index (χ0v) is 10.1. The van der Waals surface area contributed by atoms with E-state index in [-0.39, 0.29) is 24.2 Å². The van der Waals surface area contributed by atoms with Gasteiger partial charge in [0.1, 0.15) is 5.82 Å². The third-order valence-electron chi connectivity index (χ3n) is 2.83. The molecule has 1 fully saturated rings. The molecular formula is C13H17FN2O2. The molecule has 1 aliphatic heterocycles. The molecule has 0 spiro atoms. The summed E-state index contributed by atoms with van der Waals surface area (Å²) in [5.41, 5.74) is 0.210. The van der Waals surface area contributed by atoms with Crippen LogP contribution < -0.4 is 10.6 Å². The molecule has 1 heterocycles. The van der Waals surface area contributed by atoms with Gasteiger partial charge in [0.15, 0.2) is 0 Å². The van der Waals surface area contributed by atoms with Gasteiger partial charge in [-0.3, -0.25) is 4.79 Å². The Hall–Kier alpha value is -1.46. The van der Waals surface area contributed by atoms with E-state index in [0.717, 1.165) is 19.4 Å². The molecule has 2 N–H and O–H groups in total. The number of carbonyl (C=O) groups excluding carboxylic acids is 1. The molecule has 0 saturated carbocycles. The predicted molar refractivity (Wildman–Crippen MR) is 66.9 cm³/mol. The molecule has 0 aliphatic carbocycles. The number of halogens is 1. The summed E-state index contributed by atoms with van der Waals surface area (Å²) in [6, 6.07) is 6.11. The van der Waals surface area contributed by atoms with Gasteiger partial charge < -0.3 is 15.4 Å². The predicted octanol–water partition coefficient (Wildman–Crippen LogP) is 1.53. The lowest BCUT2D eigenvalue weighted by atomic mass is 10.2. The molecule has 4 nitrogen and oxygen atoms in total. The van der Waals surface area contributed by atoms with Crippen LogP contribution in [-0.4, -0.2) is 31.7 Å². The van der Waals surface area contributed by atoms with Crippen molar-refractivity contribution in [3.05, 3.63) is 30.1 Å². The molecule has 98 valence electrons. The Morgan fingerprint density at radius 3 is 3.00 bits per heavy atom. The number of anilines is 1. The standard InChI is InChI=1S/C13H17FN2O2/c14-11-5-1-2-6-12(11)16-13(17)9-15-8-10-4-3-7-18-10/h1-2,5-6,10,15H,3-4,7-9H2,(H,16,17). The van der Waals surface area contributed by atoms with Gasteiger partial charge in [-0.2, -0.15) is 0 Å². The lowest BCUT2D eigenvalue weighted by Crippen LogP contribution is -2.33. The van der Waals surface area contributed by atoms with E-state index in [2.05, 4.69) is 10.6 Å². The largest absolute Gasteiger partial charge is 0.377 e. The van der Waals surface area contributed by atoms with Crippen LogP contribution in [0.15, 0.2) is 24.3 Å². The first kappa shape index (κ1) is 13.0. The Kier molecular flexibility index (Phi) is 4.66. The van der Waals surface area contributed by atoms with Crippen LogP contribution in [0.5, 0.6) is 0 Å². The monoisotopic (exact) mass is 252 g/mol. The maximum Gasteiger partial charge on any atom is 0.238 e. The van der Waals surface area contributed by atoms with Crippen LogP contribution in [0.2, 0.25) is 0 Å². The van der Waals surface area contributed by atoms with Crippen LogP contribution in [-0.2, 0) is 9.53 Å². The first-order valence-corrected chi connectivity index (χ1v) is 6.12. The van der Waals surface area contributed by atoms with E-state index in [1.165, 1.54) is 12.1 Å². The second-order valence-electron chi connectivity index (χ2n) is 4.29. The van der Waals surface area contributed by atoms with E-state index in [0.29, 0.717) is 6.54 Å². The van der Waals surface area contributed by atoms with Crippen molar-refractivity contribution in [3.8, 4) is 0 Å². The molecule has 0 aromatic heterocycles. The number of carbonyl (C=O) groups is 1. The van der Waals surface area contributed by atoms with Gasteiger partial charge in [-0.25, -0.2) is 4.39 Å². The minimum atomic E-state index is -0.426. The summed E-state index contributed by atoms with van der Waals surface area (Å²) in [6.45, 7) is 1.62. The van der Waals surface area contributed by atoms with E-state index >= 15 is 0 Å². The SMILES string of the molecule is O=C(CNCC1CCCO1)Nc1ccccc1F. The number of rotatable bonds is 5. The van der Waals surface area contributed by atoms with Crippen LogP contribution in [0.4, 0.5) is 10.1 Å². The van der Waals surface area contributed by atoms with Crippen molar-refractivity contribution in [3.63, 3.8) is 0 Å². The summed E-state index contributed by atoms with van der Waals surface area (Å²) < 4.78 is 18.7. The highest BCUT2D eigenvalue weighted by Crippen LogP contribution is 2.12. The van der Waals surface area contributed by atoms with Gasteiger partial charge in [0.2, 0.25) is 5.91 Å². The van der Waals surface area contributed by atoms with Crippen molar-refractivity contribution in [2.24, 2.45) is 0 Å². The second kappa shape index (κ2) is 6.47. The number of nitrogens with one attached hydrogen (secondary N) is 2. The summed E-state index contributed by atoms with van der Waals surface area (Å²) in [7, 11) is 0. The minimum Gasteiger partial charge on any atom is -0.377 e. The highest BCUT2D eigenvalue weighted by atomic mass is 19.1. The van der Waals surface area contributed by atoms with E-state index in [1.807, 2.05) is 0 Å². The molecule has 5 heteroatoms. The summed E-state index contributed by atoms with van der Waals surface area (Å²) in [5, 5.41) is 5.53. The number of hydrogen-bond donors (Lipinski definition) is 2. The van der Waals surface area contributed by atoms with Gasteiger partial charge in [-0.15, -0.1) is 0 Å². The molecule has 1 unspecified atom stereocenters. The molecule has 1 aromatic rings. The lowest BCUT2D eigenvalue weighted by Gasteiger charge is -2.11. The number of amides is 1. The van der Waals surface area contributed by atoms with Crippen molar-refractivity contribution in [1.29, 1.82) is 0 Å². The van der Waals surface area contributed by atoms with E-state index in [9.17, 15) is 9.18 Å². The van der Waals surface area contributed by atoms with Crippen molar-refractivity contribution in [2.45, 2.75) is 18.9 Å². The molecular weight excluding hydrogens is 235 g/mol. The zero-order valence-electron chi connectivity index (χ0n) is 10.1. The molecule has 0 bridgehead atoms. The first-order valence-electron chi connectivity index (χ1n) is 6.12. The zero-order chi connectivity index (χ0) is 12.8. The lowest BCUT2D eigenvalue weighted by molar-refractivity contribution is -0.115. The Morgan fingerprint density at radius 1 is 1.44 bits per heavy atom. The summed E-state index contributed by atoms with van der Waals surface area (Å²) in [6.07, 6.45) is 2.31. The fourth-order valence-electron chi connectivity index (χ4n) is 1.91. The fraction of sp³-hybridized carbons (Fsp3) is 0.462. The van der Waals surface area contributed by atoms with E-state index in [1.54, 1.807) is 12.1 Å². The van der Waals surface area contributed by atoms with Gasteiger partial charge in [0, 0.05) is 13.2 Å². The van der Waals surface area contributed by atoms with Crippen molar-refractivity contribution in [1.82, 2.24) is 5.32 Å². The number of ether oxygens (including phenoxy) is 1. The van der Waals surface area contributed by atoms with Crippen molar-refractivity contribution < 1.29 is 13.9 Å². The fourth-order valence-corrected chi connectivity index (χ4v) is 1.91. The molecule has 18 heavy (non-hydrogen) atoms. The minimum absolute atomic E-state index is 0.161. The highest BCUT2D eigenvalue weighted by Gasteiger charge is 2.15. The second-order valence-corrected chi connectivity index (χ2v) is 4.29. The van der Waals surface area contributed by atoms with Crippen molar-refractivity contribution >= 4 is 11.6 Å². The van der Waals surface area contributed by atoms with Gasteiger partial charge in [-0.1, -0.05) is 12.1 Å². The molecule has 1 aromatic carbocycles. The maximum atomic E-state index is 13.3. The smallest absolute Gasteiger partial charge is 0.238 e. The van der Waals surface area contributed by atoms with Crippen molar-refractivity contribution in [2.75, 3.05) is 25.0 Å². The summed E-state index contributed by atoms with van der Waals surface area (Å²) >= 11 is 0. The maximum absolute atomic E-state index is 13.3. The molecule has 1 atom stereocenters. The van der Waals surface area contributed by atoms with E-state index < -0.39 is 5.82 Å². The topological polar surface area (TPSA) is 50.4 Å².